The first-order chi connectivity index (χ1) is 5.75. The summed E-state index contributed by atoms with van der Waals surface area (Å²) in [4.78, 5) is 11.5. The normalized spacial score (nSPS) is 18.8. The molecular formula is C10H19NO. The van der Waals surface area contributed by atoms with Crippen LogP contribution in [0.3, 0.4) is 0 Å². The van der Waals surface area contributed by atoms with E-state index >= 15 is 0 Å². The molecule has 1 aliphatic carbocycles. The predicted molar refractivity (Wildman–Crippen MR) is 49.9 cm³/mol. The molecule has 2 nitrogen and oxygen atoms in total. The van der Waals surface area contributed by atoms with E-state index in [4.69, 9.17) is 0 Å². The van der Waals surface area contributed by atoms with Gasteiger partial charge in [0.05, 0.1) is 0 Å². The highest BCUT2D eigenvalue weighted by atomic mass is 16.2. The quantitative estimate of drug-likeness (QED) is 0.627. The molecule has 0 spiro atoms. The van der Waals surface area contributed by atoms with Crippen LogP contribution in [-0.2, 0) is 4.79 Å². The number of hydrogen-bond donors (Lipinski definition) is 1. The number of amides is 1. The molecule has 1 amide bonds. The fourth-order valence-corrected chi connectivity index (χ4v) is 1.46. The second kappa shape index (κ2) is 3.92. The molecule has 12 heavy (non-hydrogen) atoms. The third kappa shape index (κ3) is 1.99. The van der Waals surface area contributed by atoms with Gasteiger partial charge in [0.15, 0.2) is 0 Å². The van der Waals surface area contributed by atoms with Crippen LogP contribution < -0.4 is 5.32 Å². The summed E-state index contributed by atoms with van der Waals surface area (Å²) in [5.74, 6) is 0.290. The summed E-state index contributed by atoms with van der Waals surface area (Å²) in [6.07, 6.45) is 5.46. The maximum atomic E-state index is 11.5. The van der Waals surface area contributed by atoms with Crippen LogP contribution in [0.2, 0.25) is 0 Å². The standard InChI is InChI=1S/C10H19NO/c1-3-5-8-11-9(12)10(4-2)6-7-10/h3-8H2,1-2H3,(H,11,12). The Bertz CT molecular complexity index is 161. The molecule has 2 heteroatoms. The second-order valence-electron chi connectivity index (χ2n) is 3.74. The lowest BCUT2D eigenvalue weighted by molar-refractivity contribution is -0.126. The molecule has 0 aromatic carbocycles. The van der Waals surface area contributed by atoms with Crippen LogP contribution in [0.5, 0.6) is 0 Å². The van der Waals surface area contributed by atoms with Crippen molar-refractivity contribution in [1.82, 2.24) is 5.32 Å². The first kappa shape index (κ1) is 9.56. The van der Waals surface area contributed by atoms with Gasteiger partial charge in [-0.25, -0.2) is 0 Å². The number of unbranched alkanes of at least 4 members (excludes halogenated alkanes) is 1. The Balaban J connectivity index is 2.20. The van der Waals surface area contributed by atoms with Crippen LogP contribution in [0.15, 0.2) is 0 Å². The molecule has 1 rings (SSSR count). The smallest absolute Gasteiger partial charge is 0.226 e. The fourth-order valence-electron chi connectivity index (χ4n) is 1.46. The molecule has 1 saturated carbocycles. The largest absolute Gasteiger partial charge is 0.356 e. The van der Waals surface area contributed by atoms with Crippen LogP contribution in [0.25, 0.3) is 0 Å². The highest BCUT2D eigenvalue weighted by molar-refractivity contribution is 5.85. The zero-order valence-electron chi connectivity index (χ0n) is 8.15. The van der Waals surface area contributed by atoms with Gasteiger partial charge >= 0.3 is 0 Å². The number of carbonyl (C=O) groups excluding carboxylic acids is 1. The summed E-state index contributed by atoms with van der Waals surface area (Å²) in [6, 6.07) is 0. The first-order valence-electron chi connectivity index (χ1n) is 5.03. The van der Waals surface area contributed by atoms with E-state index in [-0.39, 0.29) is 5.41 Å². The Morgan fingerprint density at radius 1 is 1.42 bits per heavy atom. The highest BCUT2D eigenvalue weighted by Gasteiger charge is 2.47. The number of rotatable bonds is 5. The molecule has 70 valence electrons. The van der Waals surface area contributed by atoms with Crippen molar-refractivity contribution in [1.29, 1.82) is 0 Å². The molecule has 1 aliphatic rings. The van der Waals surface area contributed by atoms with Gasteiger partial charge < -0.3 is 5.32 Å². The van der Waals surface area contributed by atoms with Gasteiger partial charge in [-0.2, -0.15) is 0 Å². The molecule has 0 aromatic heterocycles. The lowest BCUT2D eigenvalue weighted by atomic mass is 10.0. The maximum Gasteiger partial charge on any atom is 0.226 e. The van der Waals surface area contributed by atoms with E-state index in [9.17, 15) is 4.79 Å². The van der Waals surface area contributed by atoms with E-state index < -0.39 is 0 Å². The highest BCUT2D eigenvalue weighted by Crippen LogP contribution is 2.48. The zero-order chi connectivity index (χ0) is 9.03. The van der Waals surface area contributed by atoms with E-state index in [1.807, 2.05) is 0 Å². The van der Waals surface area contributed by atoms with Gasteiger partial charge in [-0.3, -0.25) is 4.79 Å². The molecule has 0 aliphatic heterocycles. The molecule has 0 bridgehead atoms. The Morgan fingerprint density at radius 3 is 2.50 bits per heavy atom. The van der Waals surface area contributed by atoms with Crippen LogP contribution >= 0.6 is 0 Å². The Hall–Kier alpha value is -0.530. The number of carbonyl (C=O) groups is 1. The summed E-state index contributed by atoms with van der Waals surface area (Å²) in [7, 11) is 0. The second-order valence-corrected chi connectivity index (χ2v) is 3.74. The predicted octanol–water partition coefficient (Wildman–Crippen LogP) is 2.09. The molecule has 0 radical (unpaired) electrons. The Kier molecular flexibility index (Phi) is 3.12. The molecule has 0 heterocycles. The van der Waals surface area contributed by atoms with E-state index in [0.717, 1.165) is 38.6 Å². The minimum atomic E-state index is 0.0493. The number of hydrogen-bond acceptors (Lipinski definition) is 1. The van der Waals surface area contributed by atoms with Crippen molar-refractivity contribution in [2.75, 3.05) is 6.54 Å². The van der Waals surface area contributed by atoms with Crippen LogP contribution in [0.1, 0.15) is 46.0 Å². The summed E-state index contributed by atoms with van der Waals surface area (Å²) in [5.41, 5.74) is 0.0493. The maximum absolute atomic E-state index is 11.5. The van der Waals surface area contributed by atoms with Crippen molar-refractivity contribution in [2.24, 2.45) is 5.41 Å². The van der Waals surface area contributed by atoms with Gasteiger partial charge in [-0.1, -0.05) is 20.3 Å². The SMILES string of the molecule is CCCCNC(=O)C1(CC)CC1. The molecule has 0 unspecified atom stereocenters. The van der Waals surface area contributed by atoms with Gasteiger partial charge in [-0.05, 0) is 25.7 Å². The van der Waals surface area contributed by atoms with Gasteiger partial charge in [-0.15, -0.1) is 0 Å². The lowest BCUT2D eigenvalue weighted by Gasteiger charge is -2.11. The van der Waals surface area contributed by atoms with E-state index in [2.05, 4.69) is 19.2 Å². The summed E-state index contributed by atoms with van der Waals surface area (Å²) < 4.78 is 0. The van der Waals surface area contributed by atoms with Crippen molar-refractivity contribution >= 4 is 5.91 Å². The van der Waals surface area contributed by atoms with Gasteiger partial charge in [0, 0.05) is 12.0 Å². The third-order valence-corrected chi connectivity index (χ3v) is 2.83. The summed E-state index contributed by atoms with van der Waals surface area (Å²) in [6.45, 7) is 5.10. The van der Waals surface area contributed by atoms with Gasteiger partial charge in [0.25, 0.3) is 0 Å². The monoisotopic (exact) mass is 169 g/mol. The molecule has 0 aromatic rings. The van der Waals surface area contributed by atoms with Crippen LogP contribution in [-0.4, -0.2) is 12.5 Å². The van der Waals surface area contributed by atoms with Crippen molar-refractivity contribution in [3.8, 4) is 0 Å². The molecule has 0 atom stereocenters. The van der Waals surface area contributed by atoms with E-state index in [0.29, 0.717) is 5.91 Å². The van der Waals surface area contributed by atoms with E-state index in [1.165, 1.54) is 0 Å². The molecule has 0 saturated heterocycles. The summed E-state index contributed by atoms with van der Waals surface area (Å²) in [5, 5.41) is 3.00. The average molecular weight is 169 g/mol. The summed E-state index contributed by atoms with van der Waals surface area (Å²) >= 11 is 0. The van der Waals surface area contributed by atoms with Crippen molar-refractivity contribution in [3.63, 3.8) is 0 Å². The van der Waals surface area contributed by atoms with Crippen molar-refractivity contribution in [3.05, 3.63) is 0 Å². The van der Waals surface area contributed by atoms with Crippen molar-refractivity contribution in [2.45, 2.75) is 46.0 Å². The molecular weight excluding hydrogens is 150 g/mol. The van der Waals surface area contributed by atoms with Crippen molar-refractivity contribution < 1.29 is 4.79 Å². The zero-order valence-corrected chi connectivity index (χ0v) is 8.15. The molecule has 1 fully saturated rings. The first-order valence-corrected chi connectivity index (χ1v) is 5.03. The van der Waals surface area contributed by atoms with Gasteiger partial charge in [0.2, 0.25) is 5.91 Å². The average Bonchev–Trinajstić information content (AvgIpc) is 2.85. The van der Waals surface area contributed by atoms with Gasteiger partial charge in [0.1, 0.15) is 0 Å². The Labute approximate surface area is 74.7 Å². The molecule has 1 N–H and O–H groups in total. The number of nitrogens with one attached hydrogen (secondary N) is 1. The third-order valence-electron chi connectivity index (χ3n) is 2.83. The van der Waals surface area contributed by atoms with Crippen LogP contribution in [0, 0.1) is 5.41 Å². The van der Waals surface area contributed by atoms with Crippen LogP contribution in [0.4, 0.5) is 0 Å². The topological polar surface area (TPSA) is 29.1 Å². The Morgan fingerprint density at radius 2 is 2.08 bits per heavy atom. The minimum absolute atomic E-state index is 0.0493. The van der Waals surface area contributed by atoms with E-state index in [1.54, 1.807) is 0 Å². The minimum Gasteiger partial charge on any atom is -0.356 e. The lowest BCUT2D eigenvalue weighted by Crippen LogP contribution is -2.32. The fraction of sp³-hybridized carbons (Fsp3) is 0.900.